The molecule has 1 aromatic heterocycles. The Morgan fingerprint density at radius 2 is 2.07 bits per heavy atom. The Hall–Kier alpha value is -0.930. The number of ether oxygens (including phenoxy) is 2. The monoisotopic (exact) mass is 335 g/mol. The first kappa shape index (κ1) is 12.1. The molecule has 0 saturated carbocycles. The third-order valence-corrected chi connectivity index (χ3v) is 2.42. The minimum Gasteiger partial charge on any atom is -0.494 e. The average molecular weight is 335 g/mol. The van der Waals surface area contributed by atoms with Crippen molar-refractivity contribution in [1.82, 2.24) is 4.98 Å². The first-order valence-electron chi connectivity index (χ1n) is 3.56. The van der Waals surface area contributed by atoms with Crippen molar-refractivity contribution in [3.05, 3.63) is 20.1 Å². The second-order valence-corrected chi connectivity index (χ2v) is 3.46. The first-order chi connectivity index (χ1) is 6.85. The molecule has 0 amide bonds. The van der Waals surface area contributed by atoms with Gasteiger partial charge >= 0.3 is 6.36 Å². The van der Waals surface area contributed by atoms with Gasteiger partial charge in [-0.2, -0.15) is 0 Å². The normalized spacial score (nSPS) is 11.3. The standard InChI is InChI=1S/C7H5F3INO3/c1-14-3-2-12-6(13)5(4(3)11)15-7(8,9)10/h2H,1H3,(H,12,13). The van der Waals surface area contributed by atoms with Crippen molar-refractivity contribution in [2.45, 2.75) is 6.36 Å². The lowest BCUT2D eigenvalue weighted by molar-refractivity contribution is -0.275. The zero-order chi connectivity index (χ0) is 11.6. The van der Waals surface area contributed by atoms with Crippen LogP contribution in [0.3, 0.4) is 0 Å². The van der Waals surface area contributed by atoms with Gasteiger partial charge in [0.25, 0.3) is 5.56 Å². The highest BCUT2D eigenvalue weighted by Crippen LogP contribution is 2.29. The Morgan fingerprint density at radius 3 is 2.53 bits per heavy atom. The van der Waals surface area contributed by atoms with Gasteiger partial charge in [0.05, 0.1) is 7.11 Å². The summed E-state index contributed by atoms with van der Waals surface area (Å²) >= 11 is 1.54. The number of alkyl halides is 3. The highest BCUT2D eigenvalue weighted by atomic mass is 127. The zero-order valence-electron chi connectivity index (χ0n) is 7.31. The van der Waals surface area contributed by atoms with Crippen molar-refractivity contribution in [3.8, 4) is 11.5 Å². The summed E-state index contributed by atoms with van der Waals surface area (Å²) in [4.78, 5) is 13.1. The van der Waals surface area contributed by atoms with Gasteiger partial charge in [0.2, 0.25) is 5.75 Å². The summed E-state index contributed by atoms with van der Waals surface area (Å²) in [6.07, 6.45) is -3.74. The number of aromatic amines is 1. The van der Waals surface area contributed by atoms with Crippen LogP contribution < -0.4 is 15.0 Å². The van der Waals surface area contributed by atoms with Gasteiger partial charge in [-0.15, -0.1) is 13.2 Å². The fourth-order valence-electron chi connectivity index (χ4n) is 0.827. The van der Waals surface area contributed by atoms with Gasteiger partial charge in [-0.25, -0.2) is 0 Å². The number of hydrogen-bond donors (Lipinski definition) is 1. The van der Waals surface area contributed by atoms with Gasteiger partial charge in [-0.05, 0) is 22.6 Å². The van der Waals surface area contributed by atoms with E-state index >= 15 is 0 Å². The van der Waals surface area contributed by atoms with Crippen LogP contribution in [0.1, 0.15) is 0 Å². The smallest absolute Gasteiger partial charge is 0.494 e. The molecule has 1 rings (SSSR count). The molecule has 4 nitrogen and oxygen atoms in total. The Bertz CT molecular complexity index is 415. The van der Waals surface area contributed by atoms with E-state index in [4.69, 9.17) is 4.74 Å². The maximum atomic E-state index is 11.9. The van der Waals surface area contributed by atoms with Crippen molar-refractivity contribution < 1.29 is 22.6 Å². The van der Waals surface area contributed by atoms with E-state index in [1.807, 2.05) is 0 Å². The van der Waals surface area contributed by atoms with Crippen molar-refractivity contribution in [3.63, 3.8) is 0 Å². The van der Waals surface area contributed by atoms with Gasteiger partial charge in [-0.1, -0.05) is 0 Å². The zero-order valence-corrected chi connectivity index (χ0v) is 9.47. The molecule has 84 valence electrons. The molecule has 0 unspecified atom stereocenters. The molecule has 1 aromatic rings. The summed E-state index contributed by atoms with van der Waals surface area (Å²) in [6, 6.07) is 0. The largest absolute Gasteiger partial charge is 0.573 e. The number of pyridine rings is 1. The van der Waals surface area contributed by atoms with Crippen LogP contribution in [-0.4, -0.2) is 18.5 Å². The molecule has 1 heterocycles. The molecule has 0 aromatic carbocycles. The van der Waals surface area contributed by atoms with Crippen LogP contribution in [0, 0.1) is 3.57 Å². The Kier molecular flexibility index (Phi) is 3.47. The van der Waals surface area contributed by atoms with Crippen molar-refractivity contribution in [2.24, 2.45) is 0 Å². The Morgan fingerprint density at radius 1 is 1.47 bits per heavy atom. The molecule has 0 aliphatic rings. The highest BCUT2D eigenvalue weighted by molar-refractivity contribution is 14.1. The molecule has 0 saturated heterocycles. The van der Waals surface area contributed by atoms with Crippen LogP contribution in [0.25, 0.3) is 0 Å². The maximum absolute atomic E-state index is 11.9. The fraction of sp³-hybridized carbons (Fsp3) is 0.286. The van der Waals surface area contributed by atoms with Crippen molar-refractivity contribution in [2.75, 3.05) is 7.11 Å². The Balaban J connectivity index is 3.22. The van der Waals surface area contributed by atoms with E-state index in [2.05, 4.69) is 9.72 Å². The van der Waals surface area contributed by atoms with Gasteiger partial charge in [0, 0.05) is 6.20 Å². The van der Waals surface area contributed by atoms with Crippen LogP contribution in [-0.2, 0) is 0 Å². The van der Waals surface area contributed by atoms with Crippen molar-refractivity contribution in [1.29, 1.82) is 0 Å². The molecule has 0 fully saturated rings. The maximum Gasteiger partial charge on any atom is 0.573 e. The SMILES string of the molecule is COc1c[nH]c(=O)c(OC(F)(F)F)c1I. The minimum absolute atomic E-state index is 0.0313. The van der Waals surface area contributed by atoms with Crippen LogP contribution in [0.4, 0.5) is 13.2 Å². The second-order valence-electron chi connectivity index (χ2n) is 2.38. The number of rotatable bonds is 2. The summed E-state index contributed by atoms with van der Waals surface area (Å²) in [5.74, 6) is -0.711. The fourth-order valence-corrected chi connectivity index (χ4v) is 1.56. The molecule has 0 atom stereocenters. The number of aromatic nitrogens is 1. The predicted octanol–water partition coefficient (Wildman–Crippen LogP) is 1.89. The number of hydrogen-bond acceptors (Lipinski definition) is 3. The minimum atomic E-state index is -4.90. The summed E-state index contributed by atoms with van der Waals surface area (Å²) in [5.41, 5.74) is -0.961. The van der Waals surface area contributed by atoms with E-state index in [-0.39, 0.29) is 9.32 Å². The quantitative estimate of drug-likeness (QED) is 0.840. The lowest BCUT2D eigenvalue weighted by Crippen LogP contribution is -2.23. The van der Waals surface area contributed by atoms with Gasteiger partial charge < -0.3 is 14.5 Å². The molecule has 15 heavy (non-hydrogen) atoms. The highest BCUT2D eigenvalue weighted by Gasteiger charge is 2.34. The molecular weight excluding hydrogens is 330 g/mol. The third kappa shape index (κ3) is 3.01. The molecule has 0 aliphatic carbocycles. The molecule has 0 aliphatic heterocycles. The van der Waals surface area contributed by atoms with Gasteiger partial charge in [-0.3, -0.25) is 4.79 Å². The van der Waals surface area contributed by atoms with E-state index in [1.54, 1.807) is 0 Å². The van der Waals surface area contributed by atoms with E-state index in [1.165, 1.54) is 29.7 Å². The predicted molar refractivity (Wildman–Crippen MR) is 53.0 cm³/mol. The van der Waals surface area contributed by atoms with E-state index in [9.17, 15) is 18.0 Å². The molecular formula is C7H5F3INO3. The number of H-pyrrole nitrogens is 1. The van der Waals surface area contributed by atoms with Crippen LogP contribution >= 0.6 is 22.6 Å². The molecule has 8 heteroatoms. The Labute approximate surface area is 95.5 Å². The number of methoxy groups -OCH3 is 1. The number of nitrogens with one attached hydrogen (secondary N) is 1. The molecule has 1 N–H and O–H groups in total. The van der Waals surface area contributed by atoms with Gasteiger partial charge in [0.15, 0.2) is 5.75 Å². The molecule has 0 radical (unpaired) electrons. The van der Waals surface area contributed by atoms with E-state index in [0.29, 0.717) is 0 Å². The van der Waals surface area contributed by atoms with Crippen molar-refractivity contribution >= 4 is 22.6 Å². The van der Waals surface area contributed by atoms with Crippen LogP contribution in [0.15, 0.2) is 11.0 Å². The first-order valence-corrected chi connectivity index (χ1v) is 4.64. The molecule has 0 spiro atoms. The molecule has 0 bridgehead atoms. The summed E-state index contributed by atoms with van der Waals surface area (Å²) in [7, 11) is 1.27. The summed E-state index contributed by atoms with van der Waals surface area (Å²) < 4.78 is 44.0. The third-order valence-electron chi connectivity index (χ3n) is 1.39. The summed E-state index contributed by atoms with van der Waals surface area (Å²) in [6.45, 7) is 0. The van der Waals surface area contributed by atoms with E-state index in [0.717, 1.165) is 6.20 Å². The van der Waals surface area contributed by atoms with Crippen LogP contribution in [0.2, 0.25) is 0 Å². The van der Waals surface area contributed by atoms with Gasteiger partial charge in [0.1, 0.15) is 3.57 Å². The average Bonchev–Trinajstić information content (AvgIpc) is 2.11. The topological polar surface area (TPSA) is 51.3 Å². The summed E-state index contributed by atoms with van der Waals surface area (Å²) in [5, 5.41) is 0. The van der Waals surface area contributed by atoms with E-state index < -0.39 is 17.7 Å². The van der Waals surface area contributed by atoms with Crippen LogP contribution in [0.5, 0.6) is 11.5 Å². The lowest BCUT2D eigenvalue weighted by atomic mass is 10.4. The number of halogens is 4. The second kappa shape index (κ2) is 4.29. The lowest BCUT2D eigenvalue weighted by Gasteiger charge is -2.11.